The highest BCUT2D eigenvalue weighted by Crippen LogP contribution is 2.24. The number of methoxy groups -OCH3 is 2. The van der Waals surface area contributed by atoms with Crippen molar-refractivity contribution >= 4 is 23.9 Å². The predicted molar refractivity (Wildman–Crippen MR) is 136 cm³/mol. The van der Waals surface area contributed by atoms with E-state index in [1.807, 2.05) is 30.3 Å². The molecule has 0 unspecified atom stereocenters. The number of imide groups is 1. The Kier molecular flexibility index (Phi) is 10.1. The summed E-state index contributed by atoms with van der Waals surface area (Å²) in [6.45, 7) is 2.96. The summed E-state index contributed by atoms with van der Waals surface area (Å²) in [6.07, 6.45) is -2.07. The Hall–Kier alpha value is -4.08. The Labute approximate surface area is 221 Å². The number of carbonyl (C=O) groups is 4. The summed E-state index contributed by atoms with van der Waals surface area (Å²) in [4.78, 5) is 50.8. The first kappa shape index (κ1) is 28.5. The maximum Gasteiger partial charge on any atom is 0.416 e. The van der Waals surface area contributed by atoms with E-state index in [4.69, 9.17) is 23.7 Å². The van der Waals surface area contributed by atoms with Crippen LogP contribution in [0.25, 0.3) is 0 Å². The van der Waals surface area contributed by atoms with Crippen LogP contribution in [0.1, 0.15) is 37.8 Å². The Morgan fingerprint density at radius 3 is 2.26 bits per heavy atom. The third-order valence-electron chi connectivity index (χ3n) is 5.97. The van der Waals surface area contributed by atoms with Gasteiger partial charge in [0.15, 0.2) is 0 Å². The lowest BCUT2D eigenvalue weighted by atomic mass is 10.0. The number of cyclic esters (lactones) is 1. The minimum Gasteiger partial charge on any atom is -0.497 e. The molecule has 204 valence electrons. The number of carbonyl (C=O) groups excluding carboxylic acids is 4. The molecule has 0 radical (unpaired) electrons. The monoisotopic (exact) mass is 527 g/mol. The van der Waals surface area contributed by atoms with Crippen molar-refractivity contribution in [1.29, 1.82) is 0 Å². The molecule has 2 amide bonds. The molecule has 1 heterocycles. The quantitative estimate of drug-likeness (QED) is 0.302. The minimum atomic E-state index is -0.898. The van der Waals surface area contributed by atoms with Crippen LogP contribution in [-0.4, -0.2) is 67.9 Å². The Morgan fingerprint density at radius 1 is 1.00 bits per heavy atom. The highest BCUT2D eigenvalue weighted by Gasteiger charge is 2.39. The molecule has 0 bridgehead atoms. The zero-order chi connectivity index (χ0) is 27.7. The summed E-state index contributed by atoms with van der Waals surface area (Å²) in [5, 5.41) is 0. The van der Waals surface area contributed by atoms with Crippen LogP contribution in [0.15, 0.2) is 48.5 Å². The van der Waals surface area contributed by atoms with Crippen LogP contribution in [0.2, 0.25) is 0 Å². The highest BCUT2D eigenvalue weighted by atomic mass is 16.6. The third-order valence-corrected chi connectivity index (χ3v) is 5.97. The van der Waals surface area contributed by atoms with Crippen molar-refractivity contribution in [2.75, 3.05) is 20.8 Å². The number of nitrogens with zero attached hydrogens (tertiary/aromatic N) is 1. The fraction of sp³-hybridized carbons (Fsp3) is 0.429. The standard InChI is InChI=1S/C28H33NO9/c1-18(37-27(32)14-21-12-23(34-3)15-24(13-21)35-4)10-25(38-19(2)30)16-26(31)29-22(17-36-28(29)33)11-20-8-6-5-7-9-20/h5-9,12-13,15,18,22,25H,10-11,14,16-17H2,1-4H3/t18-,22-,25+/m1/s1. The van der Waals surface area contributed by atoms with Gasteiger partial charge in [-0.05, 0) is 36.6 Å². The van der Waals surface area contributed by atoms with Crippen LogP contribution in [0.4, 0.5) is 4.79 Å². The van der Waals surface area contributed by atoms with Gasteiger partial charge in [0.2, 0.25) is 5.91 Å². The molecule has 10 heteroatoms. The van der Waals surface area contributed by atoms with Crippen LogP contribution in [0.5, 0.6) is 11.5 Å². The van der Waals surface area contributed by atoms with Crippen LogP contribution in [0, 0.1) is 0 Å². The lowest BCUT2D eigenvalue weighted by molar-refractivity contribution is -0.154. The summed E-state index contributed by atoms with van der Waals surface area (Å²) < 4.78 is 26.4. The van der Waals surface area contributed by atoms with E-state index in [1.54, 1.807) is 25.1 Å². The van der Waals surface area contributed by atoms with Gasteiger partial charge in [0.05, 0.1) is 33.1 Å². The van der Waals surface area contributed by atoms with E-state index >= 15 is 0 Å². The molecule has 0 aliphatic carbocycles. The molecule has 38 heavy (non-hydrogen) atoms. The lowest BCUT2D eigenvalue weighted by Gasteiger charge is -2.24. The zero-order valence-corrected chi connectivity index (χ0v) is 22.0. The largest absolute Gasteiger partial charge is 0.497 e. The number of hydrogen-bond acceptors (Lipinski definition) is 9. The van der Waals surface area contributed by atoms with Gasteiger partial charge in [-0.1, -0.05) is 30.3 Å². The van der Waals surface area contributed by atoms with Gasteiger partial charge in [-0.25, -0.2) is 9.69 Å². The van der Waals surface area contributed by atoms with E-state index in [-0.39, 0.29) is 25.9 Å². The summed E-state index contributed by atoms with van der Waals surface area (Å²) in [6, 6.07) is 14.1. The van der Waals surface area contributed by atoms with E-state index in [1.165, 1.54) is 21.1 Å². The summed E-state index contributed by atoms with van der Waals surface area (Å²) in [5.41, 5.74) is 1.60. The van der Waals surface area contributed by atoms with E-state index in [0.717, 1.165) is 10.5 Å². The van der Waals surface area contributed by atoms with Gasteiger partial charge in [-0.2, -0.15) is 0 Å². The van der Waals surface area contributed by atoms with E-state index in [2.05, 4.69) is 0 Å². The molecular formula is C28H33NO9. The predicted octanol–water partition coefficient (Wildman–Crippen LogP) is 3.48. The number of benzene rings is 2. The summed E-state index contributed by atoms with van der Waals surface area (Å²) in [7, 11) is 3.03. The number of esters is 2. The molecule has 2 aromatic carbocycles. The van der Waals surface area contributed by atoms with Gasteiger partial charge in [-0.15, -0.1) is 0 Å². The molecule has 0 aromatic heterocycles. The van der Waals surface area contributed by atoms with Crippen LogP contribution in [-0.2, 0) is 41.4 Å². The molecule has 1 aliphatic rings. The first-order valence-electron chi connectivity index (χ1n) is 12.3. The summed E-state index contributed by atoms with van der Waals surface area (Å²) in [5.74, 6) is -0.539. The number of hydrogen-bond donors (Lipinski definition) is 0. The fourth-order valence-electron chi connectivity index (χ4n) is 4.32. The molecular weight excluding hydrogens is 494 g/mol. The average molecular weight is 528 g/mol. The van der Waals surface area contributed by atoms with E-state index < -0.39 is 42.2 Å². The van der Waals surface area contributed by atoms with Crippen LogP contribution >= 0.6 is 0 Å². The second kappa shape index (κ2) is 13.5. The topological polar surface area (TPSA) is 118 Å². The normalized spacial score (nSPS) is 16.3. The van der Waals surface area contributed by atoms with Gasteiger partial charge in [0.1, 0.15) is 30.3 Å². The maximum absolute atomic E-state index is 13.1. The fourth-order valence-corrected chi connectivity index (χ4v) is 4.32. The molecule has 3 rings (SSSR count). The minimum absolute atomic E-state index is 0.0319. The Bertz CT molecular complexity index is 1110. The van der Waals surface area contributed by atoms with Crippen molar-refractivity contribution in [1.82, 2.24) is 4.90 Å². The van der Waals surface area contributed by atoms with Gasteiger partial charge in [0, 0.05) is 19.4 Å². The Balaban J connectivity index is 1.60. The molecule has 1 fully saturated rings. The average Bonchev–Trinajstić information content (AvgIpc) is 3.23. The third kappa shape index (κ3) is 8.22. The number of amides is 2. The Morgan fingerprint density at radius 2 is 1.66 bits per heavy atom. The van der Waals surface area contributed by atoms with Gasteiger partial charge >= 0.3 is 18.0 Å². The van der Waals surface area contributed by atoms with Crippen molar-refractivity contribution in [2.24, 2.45) is 0 Å². The first-order valence-corrected chi connectivity index (χ1v) is 12.3. The summed E-state index contributed by atoms with van der Waals surface area (Å²) >= 11 is 0. The van der Waals surface area contributed by atoms with Crippen molar-refractivity contribution in [3.63, 3.8) is 0 Å². The molecule has 0 N–H and O–H groups in total. The van der Waals surface area contributed by atoms with Crippen molar-refractivity contribution in [3.05, 3.63) is 59.7 Å². The second-order valence-electron chi connectivity index (χ2n) is 9.05. The number of ether oxygens (including phenoxy) is 5. The molecule has 2 aromatic rings. The van der Waals surface area contributed by atoms with Gasteiger partial charge < -0.3 is 23.7 Å². The first-order chi connectivity index (χ1) is 18.2. The van der Waals surface area contributed by atoms with Gasteiger partial charge in [0.25, 0.3) is 0 Å². The molecule has 1 aliphatic heterocycles. The van der Waals surface area contributed by atoms with E-state index in [9.17, 15) is 19.2 Å². The molecule has 10 nitrogen and oxygen atoms in total. The zero-order valence-electron chi connectivity index (χ0n) is 22.0. The van der Waals surface area contributed by atoms with Crippen LogP contribution in [0.3, 0.4) is 0 Å². The van der Waals surface area contributed by atoms with E-state index in [0.29, 0.717) is 23.5 Å². The van der Waals surface area contributed by atoms with Crippen LogP contribution < -0.4 is 9.47 Å². The smallest absolute Gasteiger partial charge is 0.416 e. The van der Waals surface area contributed by atoms with Crippen molar-refractivity contribution in [2.45, 2.75) is 57.8 Å². The molecule has 0 saturated carbocycles. The highest BCUT2D eigenvalue weighted by molar-refractivity contribution is 5.94. The molecule has 0 spiro atoms. The molecule has 1 saturated heterocycles. The molecule has 3 atom stereocenters. The van der Waals surface area contributed by atoms with Crippen molar-refractivity contribution in [3.8, 4) is 11.5 Å². The SMILES string of the molecule is COc1cc(CC(=O)O[C@H](C)C[C@@H](CC(=O)N2C(=O)OC[C@H]2Cc2ccccc2)OC(C)=O)cc(OC)c1. The number of rotatable bonds is 12. The van der Waals surface area contributed by atoms with Gasteiger partial charge in [-0.3, -0.25) is 14.4 Å². The second-order valence-corrected chi connectivity index (χ2v) is 9.05. The van der Waals surface area contributed by atoms with Crippen molar-refractivity contribution < 1.29 is 42.9 Å². The maximum atomic E-state index is 13.1. The lowest BCUT2D eigenvalue weighted by Crippen LogP contribution is -2.42.